The zero-order chi connectivity index (χ0) is 10.9. The fourth-order valence-corrected chi connectivity index (χ4v) is 4.87. The summed E-state index contributed by atoms with van der Waals surface area (Å²) in [4.78, 5) is 0. The molecule has 0 atom stereocenters. The van der Waals surface area contributed by atoms with Crippen LogP contribution in [0.3, 0.4) is 0 Å². The minimum atomic E-state index is -1.54. The topological polar surface area (TPSA) is 0 Å². The van der Waals surface area contributed by atoms with Gasteiger partial charge >= 0.3 is 0 Å². The SMILES string of the molecule is CCC=C[Si](Br)(C=CCC)C=CCC. The van der Waals surface area contributed by atoms with Crippen LogP contribution in [0.15, 0.2) is 35.3 Å². The molecular formula is C12H21BrSi. The maximum absolute atomic E-state index is 3.87. The summed E-state index contributed by atoms with van der Waals surface area (Å²) in [5.41, 5.74) is 7.02. The number of halogens is 1. The van der Waals surface area contributed by atoms with Gasteiger partial charge in [-0.25, -0.2) is 0 Å². The van der Waals surface area contributed by atoms with Gasteiger partial charge in [0.2, 0.25) is 0 Å². The molecule has 0 aliphatic carbocycles. The molecule has 0 aliphatic heterocycles. The summed E-state index contributed by atoms with van der Waals surface area (Å²) >= 11 is 3.87. The zero-order valence-corrected chi connectivity index (χ0v) is 12.0. The monoisotopic (exact) mass is 272 g/mol. The van der Waals surface area contributed by atoms with Crippen LogP contribution in [0, 0.1) is 0 Å². The van der Waals surface area contributed by atoms with E-state index in [9.17, 15) is 0 Å². The smallest absolute Gasteiger partial charge is 0.110 e. The minimum absolute atomic E-state index is 1.11. The predicted molar refractivity (Wildman–Crippen MR) is 73.0 cm³/mol. The van der Waals surface area contributed by atoms with Crippen LogP contribution in [0.4, 0.5) is 0 Å². The fourth-order valence-electron chi connectivity index (χ4n) is 1.06. The van der Waals surface area contributed by atoms with Crippen LogP contribution in [-0.2, 0) is 0 Å². The van der Waals surface area contributed by atoms with Gasteiger partial charge in [-0.05, 0) is 19.3 Å². The molecular weight excluding hydrogens is 252 g/mol. The van der Waals surface area contributed by atoms with Crippen LogP contribution in [0.25, 0.3) is 0 Å². The van der Waals surface area contributed by atoms with Crippen molar-refractivity contribution in [1.82, 2.24) is 0 Å². The summed E-state index contributed by atoms with van der Waals surface area (Å²) in [7, 11) is 0. The average Bonchev–Trinajstić information content (AvgIpc) is 2.21. The molecule has 0 rings (SSSR count). The number of hydrogen-bond acceptors (Lipinski definition) is 0. The van der Waals surface area contributed by atoms with E-state index in [1.54, 1.807) is 0 Å². The van der Waals surface area contributed by atoms with E-state index in [1.807, 2.05) is 0 Å². The molecule has 0 spiro atoms. The molecule has 0 aromatic carbocycles. The normalized spacial score (nSPS) is 17.1. The molecule has 0 N–H and O–H groups in total. The summed E-state index contributed by atoms with van der Waals surface area (Å²) in [6.45, 7) is 4.97. The third kappa shape index (κ3) is 6.38. The molecule has 14 heavy (non-hydrogen) atoms. The number of rotatable bonds is 6. The molecule has 0 aliphatic rings. The average molecular weight is 273 g/mol. The van der Waals surface area contributed by atoms with E-state index in [0.717, 1.165) is 19.3 Å². The van der Waals surface area contributed by atoms with Crippen LogP contribution in [-0.4, -0.2) is 6.69 Å². The van der Waals surface area contributed by atoms with Crippen molar-refractivity contribution in [2.24, 2.45) is 0 Å². The zero-order valence-electron chi connectivity index (χ0n) is 9.46. The van der Waals surface area contributed by atoms with Crippen molar-refractivity contribution in [1.29, 1.82) is 0 Å². The van der Waals surface area contributed by atoms with E-state index >= 15 is 0 Å². The van der Waals surface area contributed by atoms with Gasteiger partial charge in [-0.15, -0.1) is 15.3 Å². The molecule has 80 valence electrons. The van der Waals surface area contributed by atoms with Crippen LogP contribution in [0.2, 0.25) is 0 Å². The van der Waals surface area contributed by atoms with Gasteiger partial charge in [0.05, 0.1) is 0 Å². The summed E-state index contributed by atoms with van der Waals surface area (Å²) in [5, 5.41) is 0. The lowest BCUT2D eigenvalue weighted by Gasteiger charge is -2.10. The molecule has 0 aromatic rings. The molecule has 0 nitrogen and oxygen atoms in total. The van der Waals surface area contributed by atoms with E-state index < -0.39 is 6.69 Å². The second-order valence-electron chi connectivity index (χ2n) is 3.26. The Labute approximate surface area is 97.4 Å². The van der Waals surface area contributed by atoms with E-state index in [0.29, 0.717) is 0 Å². The fraction of sp³-hybridized carbons (Fsp3) is 0.500. The lowest BCUT2D eigenvalue weighted by Crippen LogP contribution is -2.17. The highest BCUT2D eigenvalue weighted by Crippen LogP contribution is 2.18. The van der Waals surface area contributed by atoms with Crippen LogP contribution >= 0.6 is 15.3 Å². The third-order valence-corrected chi connectivity index (χ3v) is 6.45. The maximum atomic E-state index is 3.87. The number of allylic oxidation sites excluding steroid dienone is 3. The Morgan fingerprint density at radius 1 is 0.786 bits per heavy atom. The third-order valence-electron chi connectivity index (χ3n) is 1.83. The maximum Gasteiger partial charge on any atom is 0.199 e. The summed E-state index contributed by atoms with van der Waals surface area (Å²) in [6, 6.07) is 0. The Morgan fingerprint density at radius 2 is 1.07 bits per heavy atom. The highest BCUT2D eigenvalue weighted by Gasteiger charge is 2.18. The number of hydrogen-bond donors (Lipinski definition) is 0. The van der Waals surface area contributed by atoms with Crippen LogP contribution in [0.5, 0.6) is 0 Å². The second-order valence-corrected chi connectivity index (χ2v) is 10.0. The Hall–Kier alpha value is -0.0831. The molecule has 0 amide bonds. The van der Waals surface area contributed by atoms with Gasteiger partial charge in [0, 0.05) is 0 Å². The van der Waals surface area contributed by atoms with Crippen molar-refractivity contribution in [3.63, 3.8) is 0 Å². The summed E-state index contributed by atoms with van der Waals surface area (Å²) in [6.07, 6.45) is 10.1. The van der Waals surface area contributed by atoms with Gasteiger partial charge in [-0.1, -0.05) is 56.1 Å². The van der Waals surface area contributed by atoms with Crippen LogP contribution < -0.4 is 0 Å². The predicted octanol–water partition coefficient (Wildman–Crippen LogP) is 4.84. The molecule has 0 bridgehead atoms. The standard InChI is InChI=1S/C12H21BrSi/c1-4-7-10-14(13,11-8-5-2)12-9-6-3/h7-12H,4-6H2,1-3H3. The first-order valence-corrected chi connectivity index (χ1v) is 9.89. The Bertz CT molecular complexity index is 180. The molecule has 0 aromatic heterocycles. The molecule has 2 heteroatoms. The first kappa shape index (κ1) is 13.9. The lowest BCUT2D eigenvalue weighted by atomic mass is 10.5. The molecule has 0 heterocycles. The quantitative estimate of drug-likeness (QED) is 0.479. The van der Waals surface area contributed by atoms with E-state index in [2.05, 4.69) is 71.4 Å². The van der Waals surface area contributed by atoms with Gasteiger partial charge in [0.25, 0.3) is 0 Å². The van der Waals surface area contributed by atoms with Crippen molar-refractivity contribution in [2.45, 2.75) is 40.0 Å². The van der Waals surface area contributed by atoms with Gasteiger partial charge in [-0.3, -0.25) is 0 Å². The minimum Gasteiger partial charge on any atom is -0.110 e. The van der Waals surface area contributed by atoms with Crippen molar-refractivity contribution >= 4 is 22.0 Å². The first-order valence-electron chi connectivity index (χ1n) is 5.40. The molecule has 0 saturated carbocycles. The molecule has 0 radical (unpaired) electrons. The van der Waals surface area contributed by atoms with E-state index in [-0.39, 0.29) is 0 Å². The van der Waals surface area contributed by atoms with Crippen LogP contribution in [0.1, 0.15) is 40.0 Å². The van der Waals surface area contributed by atoms with Gasteiger partial charge in [0.15, 0.2) is 6.69 Å². The van der Waals surface area contributed by atoms with Gasteiger partial charge in [0.1, 0.15) is 0 Å². The molecule has 0 saturated heterocycles. The second kappa shape index (κ2) is 8.24. The largest absolute Gasteiger partial charge is 0.199 e. The van der Waals surface area contributed by atoms with Gasteiger partial charge in [-0.2, -0.15) is 0 Å². The Balaban J connectivity index is 4.56. The van der Waals surface area contributed by atoms with Crippen molar-refractivity contribution in [3.05, 3.63) is 35.3 Å². The molecule has 0 fully saturated rings. The summed E-state index contributed by atoms with van der Waals surface area (Å²) < 4.78 is 0. The van der Waals surface area contributed by atoms with E-state index in [1.165, 1.54) is 0 Å². The van der Waals surface area contributed by atoms with Crippen molar-refractivity contribution in [2.75, 3.05) is 0 Å². The van der Waals surface area contributed by atoms with E-state index in [4.69, 9.17) is 0 Å². The lowest BCUT2D eigenvalue weighted by molar-refractivity contribution is 1.22. The highest BCUT2D eigenvalue weighted by molar-refractivity contribution is 9.26. The van der Waals surface area contributed by atoms with Crippen molar-refractivity contribution in [3.8, 4) is 0 Å². The van der Waals surface area contributed by atoms with Gasteiger partial charge < -0.3 is 0 Å². The molecule has 0 unspecified atom stereocenters. The summed E-state index contributed by atoms with van der Waals surface area (Å²) in [5.74, 6) is 0. The Kier molecular flexibility index (Phi) is 8.19. The Morgan fingerprint density at radius 3 is 1.29 bits per heavy atom. The van der Waals surface area contributed by atoms with Crippen molar-refractivity contribution < 1.29 is 0 Å². The first-order chi connectivity index (χ1) is 6.68. The highest BCUT2D eigenvalue weighted by atomic mass is 79.9.